The van der Waals surface area contributed by atoms with Crippen molar-refractivity contribution in [3.05, 3.63) is 47.4 Å². The van der Waals surface area contributed by atoms with Crippen LogP contribution in [0.4, 0.5) is 5.69 Å². The molecule has 0 saturated heterocycles. The molecule has 1 aromatic carbocycles. The predicted octanol–water partition coefficient (Wildman–Crippen LogP) is 3.88. The number of halogens is 1. The van der Waals surface area contributed by atoms with Gasteiger partial charge in [0.15, 0.2) is 11.0 Å². The van der Waals surface area contributed by atoms with Gasteiger partial charge in [0.05, 0.1) is 30.7 Å². The van der Waals surface area contributed by atoms with Crippen molar-refractivity contribution in [2.45, 2.75) is 18.6 Å². The molecule has 2 aromatic heterocycles. The fourth-order valence-corrected chi connectivity index (χ4v) is 3.44. The van der Waals surface area contributed by atoms with Crippen molar-refractivity contribution in [2.75, 3.05) is 24.8 Å². The topological polar surface area (TPSA) is 82.2 Å². The maximum absolute atomic E-state index is 12.2. The standard InChI is InChI=1S/C18H19ClN4O3S/c1-12-15(6-8-26-12)17-21-22-18(23(17)7-9-25-2)27-11-16(24)20-14-5-3-4-13(19)10-14/h3-6,8,10H,7,9,11H2,1-2H3,(H,20,24). The second-order valence-electron chi connectivity index (χ2n) is 5.69. The molecule has 0 fully saturated rings. The highest BCUT2D eigenvalue weighted by Crippen LogP contribution is 2.27. The van der Waals surface area contributed by atoms with Crippen LogP contribution in [0.15, 0.2) is 46.2 Å². The molecule has 3 aromatic rings. The first-order valence-corrected chi connectivity index (χ1v) is 9.59. The van der Waals surface area contributed by atoms with E-state index in [-0.39, 0.29) is 11.7 Å². The monoisotopic (exact) mass is 406 g/mol. The van der Waals surface area contributed by atoms with Crippen LogP contribution >= 0.6 is 23.4 Å². The van der Waals surface area contributed by atoms with Crippen LogP contribution < -0.4 is 5.32 Å². The van der Waals surface area contributed by atoms with Crippen LogP contribution in [0, 0.1) is 6.92 Å². The molecule has 27 heavy (non-hydrogen) atoms. The number of hydrogen-bond donors (Lipinski definition) is 1. The van der Waals surface area contributed by atoms with Crippen LogP contribution in [0.5, 0.6) is 0 Å². The number of aryl methyl sites for hydroxylation is 1. The average Bonchev–Trinajstić information content (AvgIpc) is 3.23. The quantitative estimate of drug-likeness (QED) is 0.572. The zero-order valence-corrected chi connectivity index (χ0v) is 16.5. The number of aromatic nitrogens is 3. The summed E-state index contributed by atoms with van der Waals surface area (Å²) in [5.74, 6) is 1.50. The molecule has 0 saturated carbocycles. The number of carbonyl (C=O) groups is 1. The number of rotatable bonds is 8. The minimum Gasteiger partial charge on any atom is -0.469 e. The Bertz CT molecular complexity index is 925. The number of methoxy groups -OCH3 is 1. The molecule has 7 nitrogen and oxygen atoms in total. The summed E-state index contributed by atoms with van der Waals surface area (Å²) in [7, 11) is 1.64. The van der Waals surface area contributed by atoms with E-state index in [0.29, 0.717) is 34.8 Å². The van der Waals surface area contributed by atoms with Crippen LogP contribution in [0.2, 0.25) is 5.02 Å². The normalized spacial score (nSPS) is 10.9. The van der Waals surface area contributed by atoms with Crippen molar-refractivity contribution in [1.29, 1.82) is 0 Å². The van der Waals surface area contributed by atoms with E-state index in [4.69, 9.17) is 20.8 Å². The van der Waals surface area contributed by atoms with Gasteiger partial charge in [0.1, 0.15) is 5.76 Å². The first kappa shape index (κ1) is 19.5. The van der Waals surface area contributed by atoms with Gasteiger partial charge in [-0.05, 0) is 31.2 Å². The van der Waals surface area contributed by atoms with E-state index in [1.165, 1.54) is 11.8 Å². The minimum atomic E-state index is -0.149. The average molecular weight is 407 g/mol. The molecule has 0 aliphatic heterocycles. The summed E-state index contributed by atoms with van der Waals surface area (Å²) >= 11 is 7.25. The highest BCUT2D eigenvalue weighted by molar-refractivity contribution is 7.99. The van der Waals surface area contributed by atoms with Crippen LogP contribution in [0.25, 0.3) is 11.4 Å². The zero-order valence-electron chi connectivity index (χ0n) is 14.9. The van der Waals surface area contributed by atoms with Crippen LogP contribution in [0.3, 0.4) is 0 Å². The highest BCUT2D eigenvalue weighted by Gasteiger charge is 2.18. The molecular formula is C18H19ClN4O3S. The molecule has 2 heterocycles. The van der Waals surface area contributed by atoms with Crippen molar-refractivity contribution >= 4 is 35.0 Å². The van der Waals surface area contributed by atoms with Gasteiger partial charge < -0.3 is 14.5 Å². The van der Waals surface area contributed by atoms with Crippen molar-refractivity contribution in [2.24, 2.45) is 0 Å². The Hall–Kier alpha value is -2.29. The fourth-order valence-electron chi connectivity index (χ4n) is 2.49. The van der Waals surface area contributed by atoms with E-state index in [1.807, 2.05) is 17.6 Å². The largest absolute Gasteiger partial charge is 0.469 e. The van der Waals surface area contributed by atoms with Gasteiger partial charge in [0, 0.05) is 17.8 Å². The zero-order chi connectivity index (χ0) is 19.2. The summed E-state index contributed by atoms with van der Waals surface area (Å²) < 4.78 is 12.5. The van der Waals surface area contributed by atoms with Crippen LogP contribution in [-0.4, -0.2) is 40.1 Å². The third-order valence-corrected chi connectivity index (χ3v) is 4.98. The van der Waals surface area contributed by atoms with E-state index in [2.05, 4.69) is 15.5 Å². The van der Waals surface area contributed by atoms with Crippen molar-refractivity contribution in [3.63, 3.8) is 0 Å². The van der Waals surface area contributed by atoms with E-state index in [9.17, 15) is 4.79 Å². The van der Waals surface area contributed by atoms with Gasteiger partial charge in [0.2, 0.25) is 5.91 Å². The summed E-state index contributed by atoms with van der Waals surface area (Å²) in [5.41, 5.74) is 1.53. The Kier molecular flexibility index (Phi) is 6.54. The summed E-state index contributed by atoms with van der Waals surface area (Å²) in [4.78, 5) is 12.2. The molecule has 9 heteroatoms. The maximum Gasteiger partial charge on any atom is 0.234 e. The van der Waals surface area contributed by atoms with Crippen molar-refractivity contribution < 1.29 is 13.9 Å². The lowest BCUT2D eigenvalue weighted by molar-refractivity contribution is -0.113. The van der Waals surface area contributed by atoms with Gasteiger partial charge in [-0.1, -0.05) is 29.4 Å². The molecule has 0 aliphatic carbocycles. The van der Waals surface area contributed by atoms with Crippen LogP contribution in [-0.2, 0) is 16.1 Å². The maximum atomic E-state index is 12.2. The number of carbonyl (C=O) groups excluding carboxylic acids is 1. The van der Waals surface area contributed by atoms with E-state index in [0.717, 1.165) is 11.3 Å². The van der Waals surface area contributed by atoms with Gasteiger partial charge in [-0.2, -0.15) is 0 Å². The second kappa shape index (κ2) is 9.07. The molecule has 0 aliphatic rings. The smallest absolute Gasteiger partial charge is 0.234 e. The number of nitrogens with one attached hydrogen (secondary N) is 1. The Morgan fingerprint density at radius 2 is 2.22 bits per heavy atom. The third-order valence-electron chi connectivity index (χ3n) is 3.78. The minimum absolute atomic E-state index is 0.149. The Morgan fingerprint density at radius 1 is 1.37 bits per heavy atom. The third kappa shape index (κ3) is 4.91. The summed E-state index contributed by atoms with van der Waals surface area (Å²) in [5, 5.41) is 12.5. The van der Waals surface area contributed by atoms with E-state index < -0.39 is 0 Å². The molecule has 0 unspecified atom stereocenters. The SMILES string of the molecule is COCCn1c(SCC(=O)Nc2cccc(Cl)c2)nnc1-c1ccoc1C. The highest BCUT2D eigenvalue weighted by atomic mass is 35.5. The number of nitrogens with zero attached hydrogens (tertiary/aromatic N) is 3. The van der Waals surface area contributed by atoms with Gasteiger partial charge in [-0.15, -0.1) is 10.2 Å². The molecule has 0 radical (unpaired) electrons. The van der Waals surface area contributed by atoms with Crippen LogP contribution in [0.1, 0.15) is 5.76 Å². The Balaban J connectivity index is 1.71. The number of hydrogen-bond acceptors (Lipinski definition) is 6. The number of benzene rings is 1. The Morgan fingerprint density at radius 3 is 2.93 bits per heavy atom. The predicted molar refractivity (Wildman–Crippen MR) is 105 cm³/mol. The van der Waals surface area contributed by atoms with Gasteiger partial charge >= 0.3 is 0 Å². The summed E-state index contributed by atoms with van der Waals surface area (Å²) in [6.07, 6.45) is 1.62. The number of amides is 1. The molecule has 142 valence electrons. The van der Waals surface area contributed by atoms with E-state index in [1.54, 1.807) is 37.6 Å². The first-order chi connectivity index (χ1) is 13.1. The molecule has 0 spiro atoms. The van der Waals surface area contributed by atoms with Gasteiger partial charge in [0.25, 0.3) is 0 Å². The number of furan rings is 1. The summed E-state index contributed by atoms with van der Waals surface area (Å²) in [6, 6.07) is 8.87. The fraction of sp³-hybridized carbons (Fsp3) is 0.278. The lowest BCUT2D eigenvalue weighted by Gasteiger charge is -2.09. The van der Waals surface area contributed by atoms with E-state index >= 15 is 0 Å². The number of thioether (sulfide) groups is 1. The van der Waals surface area contributed by atoms with Crippen molar-refractivity contribution in [3.8, 4) is 11.4 Å². The summed E-state index contributed by atoms with van der Waals surface area (Å²) in [6.45, 7) is 2.95. The molecular weight excluding hydrogens is 388 g/mol. The molecule has 0 atom stereocenters. The second-order valence-corrected chi connectivity index (χ2v) is 7.07. The Labute approximate surface area is 166 Å². The van der Waals surface area contributed by atoms with Crippen molar-refractivity contribution in [1.82, 2.24) is 14.8 Å². The van der Waals surface area contributed by atoms with Gasteiger partial charge in [-0.25, -0.2) is 0 Å². The lowest BCUT2D eigenvalue weighted by Crippen LogP contribution is -2.15. The molecule has 3 rings (SSSR count). The first-order valence-electron chi connectivity index (χ1n) is 8.23. The molecule has 0 bridgehead atoms. The van der Waals surface area contributed by atoms with Gasteiger partial charge in [-0.3, -0.25) is 9.36 Å². The lowest BCUT2D eigenvalue weighted by atomic mass is 10.2. The molecule has 1 N–H and O–H groups in total. The number of anilines is 1. The molecule has 1 amide bonds. The number of ether oxygens (including phenoxy) is 1.